The minimum Gasteiger partial charge on any atom is -0.854 e. The first-order valence-electron chi connectivity index (χ1n) is 7.83. The third-order valence-electron chi connectivity index (χ3n) is 3.77. The number of hydrogen-bond acceptors (Lipinski definition) is 5. The van der Waals surface area contributed by atoms with Gasteiger partial charge in [-0.15, -0.1) is 0 Å². The van der Waals surface area contributed by atoms with Crippen LogP contribution in [0.4, 0.5) is 0 Å². The lowest BCUT2D eigenvalue weighted by molar-refractivity contribution is -0.673. The van der Waals surface area contributed by atoms with E-state index in [1.165, 1.54) is 4.68 Å². The van der Waals surface area contributed by atoms with Gasteiger partial charge in [0.2, 0.25) is 5.69 Å². The van der Waals surface area contributed by atoms with Gasteiger partial charge in [-0.1, -0.05) is 29.8 Å². The number of hydrogen-bond donors (Lipinski definition) is 1. The molecule has 1 N–H and O–H groups in total. The predicted octanol–water partition coefficient (Wildman–Crippen LogP) is 1.26. The third kappa shape index (κ3) is 3.78. The van der Waals surface area contributed by atoms with Crippen LogP contribution in [-0.4, -0.2) is 24.8 Å². The smallest absolute Gasteiger partial charge is 0.436 e. The highest BCUT2D eigenvalue weighted by molar-refractivity contribution is 6.31. The number of nitrogens with zero attached hydrogens (tertiary/aromatic N) is 2. The molecule has 0 saturated heterocycles. The summed E-state index contributed by atoms with van der Waals surface area (Å²) in [5, 5.41) is 15.4. The number of benzene rings is 2. The standard InChI is InChI=1S/C18H16ClN3O4/c1-25-14-8-6-13(7-9-14)22-16(18(24)26-21-22)17(23)20-11-10-12-4-2-3-5-15(12)19/h2-9H,10-11H2,1H3,(H-,20,21,23,24). The summed E-state index contributed by atoms with van der Waals surface area (Å²) < 4.78 is 11.1. The lowest BCUT2D eigenvalue weighted by atomic mass is 10.1. The Morgan fingerprint density at radius 1 is 1.27 bits per heavy atom. The van der Waals surface area contributed by atoms with Gasteiger partial charge in [0.1, 0.15) is 5.75 Å². The maximum absolute atomic E-state index is 12.4. The van der Waals surface area contributed by atoms with Crippen molar-refractivity contribution in [2.45, 2.75) is 6.42 Å². The number of H-pyrrole nitrogens is 1. The molecule has 0 saturated carbocycles. The van der Waals surface area contributed by atoms with Crippen LogP contribution in [0.2, 0.25) is 5.02 Å². The first-order chi connectivity index (χ1) is 12.6. The number of aliphatic imine (C=N–C) groups is 1. The minimum absolute atomic E-state index is 0.200. The van der Waals surface area contributed by atoms with E-state index in [0.717, 1.165) is 5.56 Å². The van der Waals surface area contributed by atoms with Crippen LogP contribution in [0.3, 0.4) is 0 Å². The van der Waals surface area contributed by atoms with Gasteiger partial charge in [0.15, 0.2) is 0 Å². The third-order valence-corrected chi connectivity index (χ3v) is 4.14. The molecule has 0 amide bonds. The van der Waals surface area contributed by atoms with Crippen LogP contribution >= 0.6 is 11.6 Å². The van der Waals surface area contributed by atoms with Gasteiger partial charge in [0.05, 0.1) is 13.0 Å². The van der Waals surface area contributed by atoms with Crippen molar-refractivity contribution in [1.29, 1.82) is 0 Å². The molecule has 0 unspecified atom stereocenters. The summed E-state index contributed by atoms with van der Waals surface area (Å²) in [5.41, 5.74) is 0.442. The molecule has 0 atom stereocenters. The van der Waals surface area contributed by atoms with Crippen molar-refractivity contribution in [3.05, 3.63) is 75.2 Å². The largest absolute Gasteiger partial charge is 0.854 e. The fraction of sp³-hybridized carbons (Fsp3) is 0.167. The van der Waals surface area contributed by atoms with Crippen molar-refractivity contribution in [3.63, 3.8) is 0 Å². The van der Waals surface area contributed by atoms with E-state index in [1.54, 1.807) is 37.4 Å². The zero-order chi connectivity index (χ0) is 18.5. The van der Waals surface area contributed by atoms with E-state index in [1.807, 2.05) is 18.2 Å². The normalized spacial score (nSPS) is 11.5. The molecule has 3 rings (SSSR count). The van der Waals surface area contributed by atoms with Crippen molar-refractivity contribution in [3.8, 4) is 11.4 Å². The Labute approximate surface area is 154 Å². The molecule has 8 heteroatoms. The first kappa shape index (κ1) is 17.8. The van der Waals surface area contributed by atoms with Crippen LogP contribution in [0, 0.1) is 0 Å². The molecular weight excluding hydrogens is 358 g/mol. The van der Waals surface area contributed by atoms with E-state index in [9.17, 15) is 9.90 Å². The van der Waals surface area contributed by atoms with Gasteiger partial charge in [0, 0.05) is 23.7 Å². The van der Waals surface area contributed by atoms with Crippen molar-refractivity contribution in [2.75, 3.05) is 13.7 Å². The van der Waals surface area contributed by atoms with Crippen molar-refractivity contribution in [1.82, 2.24) is 5.27 Å². The van der Waals surface area contributed by atoms with Gasteiger partial charge in [-0.25, -0.2) is 4.79 Å². The van der Waals surface area contributed by atoms with E-state index in [-0.39, 0.29) is 12.2 Å². The van der Waals surface area contributed by atoms with Gasteiger partial charge in [-0.3, -0.25) is 9.52 Å². The Bertz CT molecular complexity index is 977. The second-order valence-corrected chi connectivity index (χ2v) is 5.80. The molecule has 0 aliphatic rings. The number of aromatic amines is 1. The van der Waals surface area contributed by atoms with Crippen LogP contribution in [0.25, 0.3) is 5.69 Å². The van der Waals surface area contributed by atoms with Gasteiger partial charge in [0.25, 0.3) is 0 Å². The Morgan fingerprint density at radius 2 is 2.00 bits per heavy atom. The number of halogens is 1. The predicted molar refractivity (Wildman–Crippen MR) is 94.0 cm³/mol. The molecule has 0 aliphatic carbocycles. The molecule has 7 nitrogen and oxygen atoms in total. The van der Waals surface area contributed by atoms with Crippen LogP contribution in [0.5, 0.6) is 5.75 Å². The molecule has 2 aromatic carbocycles. The zero-order valence-corrected chi connectivity index (χ0v) is 14.7. The molecule has 26 heavy (non-hydrogen) atoms. The first-order valence-corrected chi connectivity index (χ1v) is 8.21. The van der Waals surface area contributed by atoms with Gasteiger partial charge >= 0.3 is 11.3 Å². The number of ether oxygens (including phenoxy) is 1. The SMILES string of the molecule is COc1ccc(-[n+]2[nH]oc(=O)c2C([O-])=NCCc2ccccc2Cl)cc1. The molecule has 0 spiro atoms. The maximum atomic E-state index is 12.4. The number of methoxy groups -OCH3 is 1. The molecule has 0 fully saturated rings. The molecule has 0 radical (unpaired) electrons. The average Bonchev–Trinajstić information content (AvgIpc) is 3.05. The van der Waals surface area contributed by atoms with Crippen molar-refractivity contribution >= 4 is 17.5 Å². The highest BCUT2D eigenvalue weighted by atomic mass is 35.5. The highest BCUT2D eigenvalue weighted by Crippen LogP contribution is 2.15. The molecule has 1 heterocycles. The maximum Gasteiger partial charge on any atom is 0.436 e. The topological polar surface area (TPSA) is 94.5 Å². The van der Waals surface area contributed by atoms with Gasteiger partial charge < -0.3 is 9.84 Å². The summed E-state index contributed by atoms with van der Waals surface area (Å²) in [6.07, 6.45) is 0.490. The summed E-state index contributed by atoms with van der Waals surface area (Å²) in [6, 6.07) is 14.1. The van der Waals surface area contributed by atoms with E-state index < -0.39 is 11.5 Å². The lowest BCUT2D eigenvalue weighted by Crippen LogP contribution is -2.44. The molecule has 3 aromatic rings. The van der Waals surface area contributed by atoms with Crippen molar-refractivity contribution < 1.29 is 19.0 Å². The fourth-order valence-electron chi connectivity index (χ4n) is 2.42. The summed E-state index contributed by atoms with van der Waals surface area (Å²) in [5.74, 6) is -0.0135. The Kier molecular flexibility index (Phi) is 5.38. The Balaban J connectivity index is 1.83. The summed E-state index contributed by atoms with van der Waals surface area (Å²) in [7, 11) is 1.55. The lowest BCUT2D eigenvalue weighted by Gasteiger charge is -2.06. The van der Waals surface area contributed by atoms with Gasteiger partial charge in [-0.2, -0.15) is 0 Å². The van der Waals surface area contributed by atoms with Crippen LogP contribution in [0.1, 0.15) is 11.3 Å². The highest BCUT2D eigenvalue weighted by Gasteiger charge is 2.23. The Morgan fingerprint density at radius 3 is 2.69 bits per heavy atom. The number of aromatic nitrogens is 2. The summed E-state index contributed by atoms with van der Waals surface area (Å²) >= 11 is 6.08. The van der Waals surface area contributed by atoms with E-state index in [0.29, 0.717) is 22.9 Å². The second kappa shape index (κ2) is 7.88. The van der Waals surface area contributed by atoms with Gasteiger partial charge in [-0.05, 0) is 40.1 Å². The van der Waals surface area contributed by atoms with E-state index in [4.69, 9.17) is 20.9 Å². The average molecular weight is 374 g/mol. The quantitative estimate of drug-likeness (QED) is 0.400. The number of nitrogens with one attached hydrogen (secondary N) is 1. The summed E-state index contributed by atoms with van der Waals surface area (Å²) in [6.45, 7) is 0.204. The van der Waals surface area contributed by atoms with Crippen LogP contribution in [0.15, 0.2) is 62.8 Å². The minimum atomic E-state index is -0.785. The zero-order valence-electron chi connectivity index (χ0n) is 13.9. The second-order valence-electron chi connectivity index (χ2n) is 5.39. The van der Waals surface area contributed by atoms with E-state index in [2.05, 4.69) is 10.3 Å². The molecule has 1 aromatic heterocycles. The van der Waals surface area contributed by atoms with Crippen LogP contribution < -0.4 is 20.2 Å². The molecular formula is C18H16ClN3O4. The van der Waals surface area contributed by atoms with Crippen LogP contribution in [-0.2, 0) is 6.42 Å². The molecule has 134 valence electrons. The molecule has 0 bridgehead atoms. The van der Waals surface area contributed by atoms with Crippen molar-refractivity contribution in [2.24, 2.45) is 4.99 Å². The molecule has 0 aliphatic heterocycles. The number of rotatable bonds is 6. The fourth-order valence-corrected chi connectivity index (χ4v) is 2.65. The monoisotopic (exact) mass is 373 g/mol. The Hall–Kier alpha value is -3.06. The summed E-state index contributed by atoms with van der Waals surface area (Å²) in [4.78, 5) is 15.9. The van der Waals surface area contributed by atoms with E-state index >= 15 is 0 Å².